The molecule has 0 aliphatic rings. The third-order valence-electron chi connectivity index (χ3n) is 1.67. The Morgan fingerprint density at radius 2 is 2.11 bits per heavy atom. The van der Waals surface area contributed by atoms with Gasteiger partial charge in [-0.2, -0.15) is 0 Å². The van der Waals surface area contributed by atoms with Crippen LogP contribution in [-0.2, 0) is 24.1 Å². The van der Waals surface area contributed by atoms with Crippen molar-refractivity contribution in [3.8, 4) is 0 Å². The molecule has 0 aromatic carbocycles. The van der Waals surface area contributed by atoms with Gasteiger partial charge in [-0.15, -0.1) is 4.89 Å². The van der Waals surface area contributed by atoms with Crippen molar-refractivity contribution in [3.05, 3.63) is 18.0 Å². The molecule has 8 nitrogen and oxygen atoms in total. The van der Waals surface area contributed by atoms with Gasteiger partial charge in [0.2, 0.25) is 18.1 Å². The Balaban J connectivity index is 2.78. The van der Waals surface area contributed by atoms with Crippen LogP contribution < -0.4 is 5.32 Å². The second kappa shape index (κ2) is 6.62. The second-order valence-electron chi connectivity index (χ2n) is 3.23. The Kier molecular flexibility index (Phi) is 5.15. The Morgan fingerprint density at radius 3 is 2.67 bits per heavy atom. The summed E-state index contributed by atoms with van der Waals surface area (Å²) in [5.41, 5.74) is 0.303. The fraction of sp³-hybridized carbons (Fsp3) is 0.400. The van der Waals surface area contributed by atoms with Crippen molar-refractivity contribution in [2.24, 2.45) is 0 Å². The molecule has 0 saturated carbocycles. The first-order chi connectivity index (χ1) is 8.52. The third kappa shape index (κ3) is 4.44. The van der Waals surface area contributed by atoms with Gasteiger partial charge in [-0.3, -0.25) is 15.0 Å². The first kappa shape index (κ1) is 14.0. The molecule has 1 rings (SSSR count). The molecule has 8 heteroatoms. The molecule has 1 amide bonds. The molecule has 18 heavy (non-hydrogen) atoms. The van der Waals surface area contributed by atoms with Crippen molar-refractivity contribution < 1.29 is 24.1 Å². The summed E-state index contributed by atoms with van der Waals surface area (Å²) in [4.78, 5) is 38.4. The van der Waals surface area contributed by atoms with Gasteiger partial charge >= 0.3 is 5.97 Å². The van der Waals surface area contributed by atoms with Crippen LogP contribution in [0.1, 0.15) is 25.8 Å². The predicted molar refractivity (Wildman–Crippen MR) is 58.9 cm³/mol. The molecule has 0 radical (unpaired) electrons. The van der Waals surface area contributed by atoms with E-state index in [2.05, 4.69) is 20.2 Å². The van der Waals surface area contributed by atoms with Gasteiger partial charge in [0.05, 0.1) is 0 Å². The van der Waals surface area contributed by atoms with E-state index in [4.69, 9.17) is 9.62 Å². The first-order valence-electron chi connectivity index (χ1n) is 5.00. The van der Waals surface area contributed by atoms with E-state index in [1.54, 1.807) is 0 Å². The SMILES string of the molecule is COC(OOC(C)=O)c1ccnc(NC(C)=O)n1. The van der Waals surface area contributed by atoms with Crippen LogP contribution in [-0.4, -0.2) is 29.0 Å². The molecule has 0 aliphatic heterocycles. The van der Waals surface area contributed by atoms with E-state index in [1.165, 1.54) is 33.2 Å². The molecule has 0 spiro atoms. The van der Waals surface area contributed by atoms with E-state index in [1.807, 2.05) is 0 Å². The van der Waals surface area contributed by atoms with Gasteiger partial charge in [-0.05, 0) is 6.07 Å². The molecule has 1 aromatic rings. The lowest BCUT2D eigenvalue weighted by Crippen LogP contribution is -2.14. The molecule has 98 valence electrons. The molecule has 1 N–H and O–H groups in total. The van der Waals surface area contributed by atoms with E-state index in [-0.39, 0.29) is 11.9 Å². The minimum Gasteiger partial charge on any atom is -0.348 e. The van der Waals surface area contributed by atoms with E-state index in [0.29, 0.717) is 5.69 Å². The van der Waals surface area contributed by atoms with Gasteiger partial charge in [0.25, 0.3) is 0 Å². The summed E-state index contributed by atoms with van der Waals surface area (Å²) in [5, 5.41) is 2.41. The molecular formula is C10H13N3O5. The zero-order valence-corrected chi connectivity index (χ0v) is 10.2. The lowest BCUT2D eigenvalue weighted by Gasteiger charge is -2.13. The second-order valence-corrected chi connectivity index (χ2v) is 3.23. The summed E-state index contributed by atoms with van der Waals surface area (Å²) in [6, 6.07) is 1.50. The molecule has 0 bridgehead atoms. The molecular weight excluding hydrogens is 242 g/mol. The largest absolute Gasteiger partial charge is 0.348 e. The summed E-state index contributed by atoms with van der Waals surface area (Å²) >= 11 is 0. The van der Waals surface area contributed by atoms with Crippen molar-refractivity contribution in [2.75, 3.05) is 12.4 Å². The maximum Gasteiger partial charge on any atom is 0.339 e. The maximum atomic E-state index is 10.9. The molecule has 0 fully saturated rings. The minimum atomic E-state index is -0.996. The van der Waals surface area contributed by atoms with Crippen LogP contribution in [0, 0.1) is 0 Å². The third-order valence-corrected chi connectivity index (χ3v) is 1.67. The number of carbonyl (C=O) groups is 2. The number of rotatable bonds is 5. The number of nitrogens with one attached hydrogen (secondary N) is 1. The van der Waals surface area contributed by atoms with E-state index >= 15 is 0 Å². The lowest BCUT2D eigenvalue weighted by molar-refractivity contribution is -0.351. The number of carbonyl (C=O) groups excluding carboxylic acids is 2. The van der Waals surface area contributed by atoms with Crippen molar-refractivity contribution in [1.29, 1.82) is 0 Å². The molecule has 1 unspecified atom stereocenters. The highest BCUT2D eigenvalue weighted by Crippen LogP contribution is 2.16. The first-order valence-corrected chi connectivity index (χ1v) is 5.00. The average molecular weight is 255 g/mol. The Labute approximate surface area is 103 Å². The van der Waals surface area contributed by atoms with Gasteiger partial charge in [0.1, 0.15) is 5.69 Å². The molecule has 0 aliphatic carbocycles. The zero-order chi connectivity index (χ0) is 13.5. The predicted octanol–water partition coefficient (Wildman–Crippen LogP) is 0.575. The number of hydrogen-bond donors (Lipinski definition) is 1. The topological polar surface area (TPSA) is 99.6 Å². The van der Waals surface area contributed by atoms with E-state index in [0.717, 1.165) is 0 Å². The van der Waals surface area contributed by atoms with Crippen LogP contribution >= 0.6 is 0 Å². The van der Waals surface area contributed by atoms with Crippen LogP contribution in [0.2, 0.25) is 0 Å². The Hall–Kier alpha value is -2.06. The van der Waals surface area contributed by atoms with Gasteiger partial charge < -0.3 is 4.74 Å². The Morgan fingerprint density at radius 1 is 1.39 bits per heavy atom. The molecule has 1 atom stereocenters. The van der Waals surface area contributed by atoms with Crippen molar-refractivity contribution in [2.45, 2.75) is 20.1 Å². The number of hydrogen-bond acceptors (Lipinski definition) is 7. The number of ether oxygens (including phenoxy) is 1. The van der Waals surface area contributed by atoms with Gasteiger partial charge in [-0.25, -0.2) is 14.8 Å². The summed E-state index contributed by atoms with van der Waals surface area (Å²) in [5.74, 6) is -0.816. The molecule has 0 saturated heterocycles. The van der Waals surface area contributed by atoms with Crippen molar-refractivity contribution >= 4 is 17.8 Å². The van der Waals surface area contributed by atoms with E-state index in [9.17, 15) is 9.59 Å². The smallest absolute Gasteiger partial charge is 0.339 e. The number of methoxy groups -OCH3 is 1. The maximum absolute atomic E-state index is 10.9. The number of aromatic nitrogens is 2. The van der Waals surface area contributed by atoms with Crippen LogP contribution in [0.15, 0.2) is 12.3 Å². The summed E-state index contributed by atoms with van der Waals surface area (Å²) in [6.45, 7) is 2.52. The summed E-state index contributed by atoms with van der Waals surface area (Å²) in [6.07, 6.45) is 0.418. The zero-order valence-electron chi connectivity index (χ0n) is 10.2. The number of amides is 1. The van der Waals surface area contributed by atoms with Crippen LogP contribution in [0.5, 0.6) is 0 Å². The molecule has 1 aromatic heterocycles. The quantitative estimate of drug-likeness (QED) is 0.466. The normalized spacial score (nSPS) is 11.7. The fourth-order valence-corrected chi connectivity index (χ4v) is 1.04. The van der Waals surface area contributed by atoms with Crippen LogP contribution in [0.3, 0.4) is 0 Å². The lowest BCUT2D eigenvalue weighted by atomic mass is 10.4. The Bertz CT molecular complexity index is 437. The minimum absolute atomic E-state index is 0.105. The highest BCUT2D eigenvalue weighted by molar-refractivity contribution is 5.86. The van der Waals surface area contributed by atoms with Crippen molar-refractivity contribution in [1.82, 2.24) is 9.97 Å². The van der Waals surface area contributed by atoms with Gasteiger partial charge in [0.15, 0.2) is 0 Å². The van der Waals surface area contributed by atoms with Gasteiger partial charge in [0, 0.05) is 27.2 Å². The van der Waals surface area contributed by atoms with Crippen molar-refractivity contribution in [3.63, 3.8) is 0 Å². The monoisotopic (exact) mass is 255 g/mol. The average Bonchev–Trinajstić information content (AvgIpc) is 2.29. The fourth-order valence-electron chi connectivity index (χ4n) is 1.04. The van der Waals surface area contributed by atoms with Crippen LogP contribution in [0.25, 0.3) is 0 Å². The van der Waals surface area contributed by atoms with Gasteiger partial charge in [-0.1, -0.05) is 0 Å². The highest BCUT2D eigenvalue weighted by atomic mass is 17.2. The number of nitrogens with zero attached hydrogens (tertiary/aromatic N) is 2. The molecule has 1 heterocycles. The summed E-state index contributed by atoms with van der Waals surface area (Å²) < 4.78 is 4.94. The van der Waals surface area contributed by atoms with E-state index < -0.39 is 12.3 Å². The standard InChI is InChI=1S/C10H13N3O5/c1-6(14)12-10-11-5-4-8(13-10)9(16-3)18-17-7(2)15/h4-5,9H,1-3H3,(H,11,12,13,14). The van der Waals surface area contributed by atoms with Crippen LogP contribution in [0.4, 0.5) is 5.95 Å². The summed E-state index contributed by atoms with van der Waals surface area (Å²) in [7, 11) is 1.36. The number of anilines is 1. The highest BCUT2D eigenvalue weighted by Gasteiger charge is 2.16.